The fraction of sp³-hybridized carbons (Fsp3) is 0.917. The highest BCUT2D eigenvalue weighted by Crippen LogP contribution is 2.25. The molecular weight excluding hydrogens is 144 g/mol. The molecule has 0 aromatic rings. The van der Waals surface area contributed by atoms with E-state index in [-0.39, 0.29) is 0 Å². The molecule has 0 aliphatic rings. The van der Waals surface area contributed by atoms with Crippen molar-refractivity contribution in [3.8, 4) is 0 Å². The average Bonchev–Trinajstić information content (AvgIpc) is 1.96. The molecular formula is C12H25. The first-order valence-corrected chi connectivity index (χ1v) is 5.33. The van der Waals surface area contributed by atoms with Gasteiger partial charge in [-0.05, 0) is 24.2 Å². The van der Waals surface area contributed by atoms with Gasteiger partial charge in [0.2, 0.25) is 0 Å². The molecule has 0 saturated heterocycles. The first-order chi connectivity index (χ1) is 5.49. The summed E-state index contributed by atoms with van der Waals surface area (Å²) in [6.07, 6.45) is 7.77. The Morgan fingerprint density at radius 3 is 2.08 bits per heavy atom. The van der Waals surface area contributed by atoms with Crippen LogP contribution in [-0.2, 0) is 0 Å². The summed E-state index contributed by atoms with van der Waals surface area (Å²) in [4.78, 5) is 0. The SMILES string of the molecule is CCCC([CH]CC(C)(C)C)CC. The highest BCUT2D eigenvalue weighted by molar-refractivity contribution is 4.80. The third kappa shape index (κ3) is 6.69. The minimum absolute atomic E-state index is 0.473. The summed E-state index contributed by atoms with van der Waals surface area (Å²) < 4.78 is 0. The zero-order valence-electron chi connectivity index (χ0n) is 9.48. The van der Waals surface area contributed by atoms with Crippen molar-refractivity contribution in [2.75, 3.05) is 0 Å². The summed E-state index contributed by atoms with van der Waals surface area (Å²) in [6.45, 7) is 11.5. The quantitative estimate of drug-likeness (QED) is 0.570. The van der Waals surface area contributed by atoms with E-state index in [9.17, 15) is 0 Å². The Bertz CT molecular complexity index is 97.1. The second-order valence-corrected chi connectivity index (χ2v) is 4.96. The van der Waals surface area contributed by atoms with E-state index in [0.717, 1.165) is 5.92 Å². The number of hydrogen-bond acceptors (Lipinski definition) is 0. The molecule has 0 nitrogen and oxygen atoms in total. The van der Waals surface area contributed by atoms with Crippen molar-refractivity contribution in [3.05, 3.63) is 6.42 Å². The minimum atomic E-state index is 0.473. The van der Waals surface area contributed by atoms with E-state index in [1.54, 1.807) is 0 Å². The number of rotatable bonds is 5. The van der Waals surface area contributed by atoms with Gasteiger partial charge in [-0.3, -0.25) is 0 Å². The average molecular weight is 169 g/mol. The molecule has 1 atom stereocenters. The van der Waals surface area contributed by atoms with E-state index >= 15 is 0 Å². The fourth-order valence-corrected chi connectivity index (χ4v) is 1.38. The summed E-state index contributed by atoms with van der Waals surface area (Å²) in [7, 11) is 0. The molecule has 0 heteroatoms. The van der Waals surface area contributed by atoms with Crippen molar-refractivity contribution < 1.29 is 0 Å². The molecule has 0 amide bonds. The van der Waals surface area contributed by atoms with Crippen LogP contribution in [-0.4, -0.2) is 0 Å². The van der Waals surface area contributed by atoms with Crippen molar-refractivity contribution >= 4 is 0 Å². The van der Waals surface area contributed by atoms with Gasteiger partial charge in [0, 0.05) is 0 Å². The summed E-state index contributed by atoms with van der Waals surface area (Å²) in [5.74, 6) is 0.856. The zero-order valence-corrected chi connectivity index (χ0v) is 9.48. The maximum atomic E-state index is 2.52. The predicted octanol–water partition coefficient (Wildman–Crippen LogP) is 4.45. The van der Waals surface area contributed by atoms with Gasteiger partial charge in [-0.1, -0.05) is 53.9 Å². The van der Waals surface area contributed by atoms with Crippen LogP contribution >= 0.6 is 0 Å². The van der Waals surface area contributed by atoms with E-state index in [4.69, 9.17) is 0 Å². The van der Waals surface area contributed by atoms with Crippen molar-refractivity contribution in [3.63, 3.8) is 0 Å². The first-order valence-electron chi connectivity index (χ1n) is 5.33. The Morgan fingerprint density at radius 2 is 1.75 bits per heavy atom. The Balaban J connectivity index is 3.58. The molecule has 0 aliphatic heterocycles. The molecule has 73 valence electrons. The third-order valence-electron chi connectivity index (χ3n) is 2.25. The molecule has 0 heterocycles. The van der Waals surface area contributed by atoms with Crippen LogP contribution in [0.25, 0.3) is 0 Å². The maximum absolute atomic E-state index is 2.52. The molecule has 12 heavy (non-hydrogen) atoms. The normalized spacial score (nSPS) is 14.8. The highest BCUT2D eigenvalue weighted by atomic mass is 14.2. The van der Waals surface area contributed by atoms with E-state index in [1.165, 1.54) is 25.7 Å². The monoisotopic (exact) mass is 169 g/mol. The fourth-order valence-electron chi connectivity index (χ4n) is 1.38. The lowest BCUT2D eigenvalue weighted by atomic mass is 9.84. The topological polar surface area (TPSA) is 0 Å². The Labute approximate surface area is 78.8 Å². The zero-order chi connectivity index (χ0) is 9.61. The molecule has 0 spiro atoms. The Kier molecular flexibility index (Phi) is 5.61. The standard InChI is InChI=1S/C12H25/c1-6-8-11(7-2)9-10-12(3,4)5/h9,11H,6-8,10H2,1-5H3. The van der Waals surface area contributed by atoms with Gasteiger partial charge in [0.15, 0.2) is 0 Å². The lowest BCUT2D eigenvalue weighted by Crippen LogP contribution is -2.09. The molecule has 1 unspecified atom stereocenters. The third-order valence-corrected chi connectivity index (χ3v) is 2.25. The summed E-state index contributed by atoms with van der Waals surface area (Å²) >= 11 is 0. The van der Waals surface area contributed by atoms with E-state index < -0.39 is 0 Å². The second-order valence-electron chi connectivity index (χ2n) is 4.96. The van der Waals surface area contributed by atoms with Crippen molar-refractivity contribution in [1.29, 1.82) is 0 Å². The summed E-state index contributed by atoms with van der Waals surface area (Å²) in [6, 6.07) is 0. The van der Waals surface area contributed by atoms with E-state index in [0.29, 0.717) is 5.41 Å². The van der Waals surface area contributed by atoms with Crippen molar-refractivity contribution in [1.82, 2.24) is 0 Å². The van der Waals surface area contributed by atoms with Gasteiger partial charge in [-0.2, -0.15) is 0 Å². The molecule has 0 rings (SSSR count). The van der Waals surface area contributed by atoms with Crippen LogP contribution in [0.2, 0.25) is 0 Å². The van der Waals surface area contributed by atoms with Crippen LogP contribution in [0.4, 0.5) is 0 Å². The van der Waals surface area contributed by atoms with Crippen LogP contribution in [0.5, 0.6) is 0 Å². The van der Waals surface area contributed by atoms with Gasteiger partial charge in [-0.15, -0.1) is 0 Å². The van der Waals surface area contributed by atoms with E-state index in [1.807, 2.05) is 0 Å². The molecule has 0 fully saturated rings. The van der Waals surface area contributed by atoms with Crippen molar-refractivity contribution in [2.24, 2.45) is 11.3 Å². The molecule has 0 aromatic carbocycles. The molecule has 0 bridgehead atoms. The van der Waals surface area contributed by atoms with Crippen molar-refractivity contribution in [2.45, 2.75) is 60.3 Å². The smallest absolute Gasteiger partial charge is 0.0350 e. The lowest BCUT2D eigenvalue weighted by molar-refractivity contribution is 0.371. The maximum Gasteiger partial charge on any atom is -0.0350 e. The molecule has 0 aliphatic carbocycles. The van der Waals surface area contributed by atoms with E-state index in [2.05, 4.69) is 41.0 Å². The summed E-state index contributed by atoms with van der Waals surface area (Å²) in [5.41, 5.74) is 0.473. The molecule has 1 radical (unpaired) electrons. The van der Waals surface area contributed by atoms with Gasteiger partial charge in [-0.25, -0.2) is 0 Å². The second kappa shape index (κ2) is 5.61. The van der Waals surface area contributed by atoms with Gasteiger partial charge in [0.1, 0.15) is 0 Å². The van der Waals surface area contributed by atoms with Crippen LogP contribution < -0.4 is 0 Å². The molecule has 0 saturated carbocycles. The summed E-state index contributed by atoms with van der Waals surface area (Å²) in [5, 5.41) is 0. The lowest BCUT2D eigenvalue weighted by Gasteiger charge is -2.21. The van der Waals surface area contributed by atoms with Crippen LogP contribution in [0.3, 0.4) is 0 Å². The van der Waals surface area contributed by atoms with Gasteiger partial charge < -0.3 is 0 Å². The Morgan fingerprint density at radius 1 is 1.17 bits per heavy atom. The highest BCUT2D eigenvalue weighted by Gasteiger charge is 2.13. The first kappa shape index (κ1) is 12.0. The van der Waals surface area contributed by atoms with Gasteiger partial charge in [0.25, 0.3) is 0 Å². The number of hydrogen-bond donors (Lipinski definition) is 0. The van der Waals surface area contributed by atoms with Crippen LogP contribution in [0.1, 0.15) is 60.3 Å². The minimum Gasteiger partial charge on any atom is -0.0654 e. The van der Waals surface area contributed by atoms with Gasteiger partial charge in [0.05, 0.1) is 0 Å². The van der Waals surface area contributed by atoms with Gasteiger partial charge >= 0.3 is 0 Å². The predicted molar refractivity (Wildman–Crippen MR) is 57.1 cm³/mol. The Hall–Kier alpha value is 0. The van der Waals surface area contributed by atoms with Crippen LogP contribution in [0, 0.1) is 17.8 Å². The molecule has 0 aromatic heterocycles. The van der Waals surface area contributed by atoms with Crippen LogP contribution in [0.15, 0.2) is 0 Å². The molecule has 0 N–H and O–H groups in total. The largest absolute Gasteiger partial charge is 0.0654 e.